The molecular formula is C17H19N3O. The average Bonchev–Trinajstić information content (AvgIpc) is 2.49. The van der Waals surface area contributed by atoms with Gasteiger partial charge in [0, 0.05) is 30.9 Å². The summed E-state index contributed by atoms with van der Waals surface area (Å²) in [5.74, 6) is 0.266. The van der Waals surface area contributed by atoms with Gasteiger partial charge in [-0.2, -0.15) is 0 Å². The number of anilines is 1. The molecule has 0 saturated heterocycles. The fourth-order valence-corrected chi connectivity index (χ4v) is 1.88. The van der Waals surface area contributed by atoms with Crippen LogP contribution in [0.15, 0.2) is 48.5 Å². The molecule has 4 nitrogen and oxygen atoms in total. The summed E-state index contributed by atoms with van der Waals surface area (Å²) in [5.41, 5.74) is 3.29. The summed E-state index contributed by atoms with van der Waals surface area (Å²) in [6.45, 7) is 2.00. The summed E-state index contributed by atoms with van der Waals surface area (Å²) >= 11 is 0. The standard InChI is InChI=1S/C17H19N3O/c1-12-4-10-15(11-5-12)19-17(21)14-8-6-13(7-9-14)16(18)20(2)3/h4-11,18H,1-3H3,(H,19,21). The highest BCUT2D eigenvalue weighted by Crippen LogP contribution is 2.12. The first-order valence-electron chi connectivity index (χ1n) is 6.71. The zero-order valence-electron chi connectivity index (χ0n) is 12.5. The summed E-state index contributed by atoms with van der Waals surface area (Å²) in [6.07, 6.45) is 0. The predicted octanol–water partition coefficient (Wildman–Crippen LogP) is 3.13. The van der Waals surface area contributed by atoms with E-state index in [1.807, 2.05) is 45.3 Å². The molecule has 1 amide bonds. The van der Waals surface area contributed by atoms with E-state index < -0.39 is 0 Å². The van der Waals surface area contributed by atoms with E-state index >= 15 is 0 Å². The SMILES string of the molecule is Cc1ccc(NC(=O)c2ccc(C(=N)N(C)C)cc2)cc1. The lowest BCUT2D eigenvalue weighted by Gasteiger charge is -2.13. The number of carbonyl (C=O) groups is 1. The van der Waals surface area contributed by atoms with E-state index in [9.17, 15) is 4.79 Å². The topological polar surface area (TPSA) is 56.2 Å². The molecule has 0 spiro atoms. The molecule has 0 unspecified atom stereocenters. The summed E-state index contributed by atoms with van der Waals surface area (Å²) in [5, 5.41) is 10.7. The zero-order chi connectivity index (χ0) is 15.4. The fourth-order valence-electron chi connectivity index (χ4n) is 1.88. The molecule has 0 fully saturated rings. The van der Waals surface area contributed by atoms with Gasteiger partial charge in [-0.15, -0.1) is 0 Å². The van der Waals surface area contributed by atoms with Crippen LogP contribution in [0.2, 0.25) is 0 Å². The Kier molecular flexibility index (Phi) is 4.38. The molecule has 4 heteroatoms. The molecule has 0 radical (unpaired) electrons. The molecule has 2 aromatic rings. The van der Waals surface area contributed by atoms with Gasteiger partial charge in [-0.3, -0.25) is 10.2 Å². The van der Waals surface area contributed by atoms with Crippen molar-refractivity contribution < 1.29 is 4.79 Å². The number of carbonyl (C=O) groups excluding carboxylic acids is 1. The highest BCUT2D eigenvalue weighted by Gasteiger charge is 2.08. The van der Waals surface area contributed by atoms with E-state index in [1.54, 1.807) is 29.2 Å². The van der Waals surface area contributed by atoms with Crippen molar-refractivity contribution in [2.75, 3.05) is 19.4 Å². The number of rotatable bonds is 3. The number of hydrogen-bond donors (Lipinski definition) is 2. The Morgan fingerprint density at radius 1 is 0.952 bits per heavy atom. The lowest BCUT2D eigenvalue weighted by molar-refractivity contribution is 0.102. The molecule has 0 saturated carbocycles. The highest BCUT2D eigenvalue weighted by molar-refractivity contribution is 6.05. The van der Waals surface area contributed by atoms with Crippen LogP contribution in [0.4, 0.5) is 5.69 Å². The van der Waals surface area contributed by atoms with E-state index in [4.69, 9.17) is 5.41 Å². The molecule has 21 heavy (non-hydrogen) atoms. The van der Waals surface area contributed by atoms with Crippen molar-refractivity contribution in [1.82, 2.24) is 4.90 Å². The molecule has 108 valence electrons. The third-order valence-electron chi connectivity index (χ3n) is 3.18. The molecule has 2 N–H and O–H groups in total. The first kappa shape index (κ1) is 14.8. The van der Waals surface area contributed by atoms with E-state index in [-0.39, 0.29) is 5.91 Å². The first-order valence-corrected chi connectivity index (χ1v) is 6.71. The Morgan fingerprint density at radius 3 is 2.00 bits per heavy atom. The van der Waals surface area contributed by atoms with Crippen LogP contribution in [-0.4, -0.2) is 30.7 Å². The van der Waals surface area contributed by atoms with Gasteiger partial charge in [-0.05, 0) is 31.2 Å². The number of amidine groups is 1. The second kappa shape index (κ2) is 6.22. The fraction of sp³-hybridized carbons (Fsp3) is 0.176. The van der Waals surface area contributed by atoms with Gasteiger partial charge >= 0.3 is 0 Å². The lowest BCUT2D eigenvalue weighted by atomic mass is 10.1. The molecule has 0 aromatic heterocycles. The van der Waals surface area contributed by atoms with Crippen molar-refractivity contribution in [3.8, 4) is 0 Å². The molecule has 0 bridgehead atoms. The van der Waals surface area contributed by atoms with Crippen LogP contribution in [0.1, 0.15) is 21.5 Å². The number of amides is 1. The van der Waals surface area contributed by atoms with Gasteiger partial charge < -0.3 is 10.2 Å². The number of hydrogen-bond acceptors (Lipinski definition) is 2. The molecule has 0 heterocycles. The quantitative estimate of drug-likeness (QED) is 0.671. The van der Waals surface area contributed by atoms with Crippen LogP contribution in [0.5, 0.6) is 0 Å². The monoisotopic (exact) mass is 281 g/mol. The zero-order valence-corrected chi connectivity index (χ0v) is 12.5. The Bertz CT molecular complexity index is 643. The summed E-state index contributed by atoms with van der Waals surface area (Å²) < 4.78 is 0. The second-order valence-electron chi connectivity index (χ2n) is 5.14. The normalized spacial score (nSPS) is 10.0. The van der Waals surface area contributed by atoms with Crippen LogP contribution in [-0.2, 0) is 0 Å². The van der Waals surface area contributed by atoms with Crippen LogP contribution in [0.3, 0.4) is 0 Å². The minimum Gasteiger partial charge on any atom is -0.363 e. The Hall–Kier alpha value is -2.62. The summed E-state index contributed by atoms with van der Waals surface area (Å²) in [7, 11) is 3.64. The molecule has 2 rings (SSSR count). The van der Waals surface area contributed by atoms with Crippen LogP contribution in [0, 0.1) is 12.3 Å². The molecule has 0 aliphatic carbocycles. The third kappa shape index (κ3) is 3.69. The van der Waals surface area contributed by atoms with Gasteiger partial charge in [0.15, 0.2) is 0 Å². The van der Waals surface area contributed by atoms with Gasteiger partial charge in [0.2, 0.25) is 0 Å². The summed E-state index contributed by atoms with van der Waals surface area (Å²) in [4.78, 5) is 13.9. The van der Waals surface area contributed by atoms with Crippen molar-refractivity contribution >= 4 is 17.4 Å². The molecule has 0 aliphatic heterocycles. The Labute approximate surface area is 124 Å². The number of nitrogens with zero attached hydrogens (tertiary/aromatic N) is 1. The molecule has 2 aromatic carbocycles. The molecule has 0 aliphatic rings. The Morgan fingerprint density at radius 2 is 1.48 bits per heavy atom. The Balaban J connectivity index is 2.09. The van der Waals surface area contributed by atoms with Crippen LogP contribution >= 0.6 is 0 Å². The average molecular weight is 281 g/mol. The van der Waals surface area contributed by atoms with E-state index in [2.05, 4.69) is 5.32 Å². The van der Waals surface area contributed by atoms with Crippen LogP contribution < -0.4 is 5.32 Å². The maximum atomic E-state index is 12.1. The van der Waals surface area contributed by atoms with Crippen molar-refractivity contribution in [3.63, 3.8) is 0 Å². The van der Waals surface area contributed by atoms with Crippen molar-refractivity contribution in [1.29, 1.82) is 5.41 Å². The van der Waals surface area contributed by atoms with Gasteiger partial charge in [0.25, 0.3) is 5.91 Å². The first-order chi connectivity index (χ1) is 9.97. The highest BCUT2D eigenvalue weighted by atomic mass is 16.1. The number of nitrogens with one attached hydrogen (secondary N) is 2. The lowest BCUT2D eigenvalue weighted by Crippen LogP contribution is -2.21. The van der Waals surface area contributed by atoms with Gasteiger partial charge in [0.05, 0.1) is 0 Å². The van der Waals surface area contributed by atoms with Gasteiger partial charge in [-0.25, -0.2) is 0 Å². The number of aryl methyl sites for hydroxylation is 1. The maximum Gasteiger partial charge on any atom is 0.255 e. The second-order valence-corrected chi connectivity index (χ2v) is 5.14. The maximum absolute atomic E-state index is 12.1. The van der Waals surface area contributed by atoms with E-state index in [1.165, 1.54) is 0 Å². The number of benzene rings is 2. The van der Waals surface area contributed by atoms with E-state index in [0.29, 0.717) is 11.4 Å². The largest absolute Gasteiger partial charge is 0.363 e. The van der Waals surface area contributed by atoms with Crippen molar-refractivity contribution in [2.24, 2.45) is 0 Å². The molecular weight excluding hydrogens is 262 g/mol. The minimum absolute atomic E-state index is 0.151. The molecule has 0 atom stereocenters. The van der Waals surface area contributed by atoms with Gasteiger partial charge in [-0.1, -0.05) is 29.8 Å². The smallest absolute Gasteiger partial charge is 0.255 e. The van der Waals surface area contributed by atoms with Crippen molar-refractivity contribution in [2.45, 2.75) is 6.92 Å². The van der Waals surface area contributed by atoms with E-state index in [0.717, 1.165) is 16.8 Å². The van der Waals surface area contributed by atoms with Crippen LogP contribution in [0.25, 0.3) is 0 Å². The minimum atomic E-state index is -0.151. The summed E-state index contributed by atoms with van der Waals surface area (Å²) in [6, 6.07) is 14.7. The van der Waals surface area contributed by atoms with Gasteiger partial charge in [0.1, 0.15) is 5.84 Å². The predicted molar refractivity (Wildman–Crippen MR) is 86.1 cm³/mol. The van der Waals surface area contributed by atoms with Crippen molar-refractivity contribution in [3.05, 3.63) is 65.2 Å². The third-order valence-corrected chi connectivity index (χ3v) is 3.18.